The molecular formula is C84H53N7O. The molecule has 1 aliphatic carbocycles. The second-order valence-electron chi connectivity index (χ2n) is 25.0. The molecule has 0 spiro atoms. The molecule has 0 fully saturated rings. The van der Waals surface area contributed by atoms with Gasteiger partial charge >= 0.3 is 0 Å². The van der Waals surface area contributed by atoms with Gasteiger partial charge in [-0.1, -0.05) is 220 Å². The van der Waals surface area contributed by atoms with Crippen LogP contribution in [0.3, 0.4) is 0 Å². The first-order chi connectivity index (χ1) is 45.4. The minimum absolute atomic E-state index is 0.389. The topological polar surface area (TPSA) is 71.5 Å². The predicted octanol–water partition coefficient (Wildman–Crippen LogP) is 21.5. The molecule has 13 aromatic carbocycles. The van der Waals surface area contributed by atoms with E-state index in [1.807, 2.05) is 6.07 Å². The lowest BCUT2D eigenvalue weighted by Gasteiger charge is -2.23. The van der Waals surface area contributed by atoms with E-state index in [9.17, 15) is 0 Å². The van der Waals surface area contributed by atoms with Gasteiger partial charge in [0.25, 0.3) is 0 Å². The molecule has 19 aromatic rings. The van der Waals surface area contributed by atoms with Crippen LogP contribution in [0.4, 0.5) is 0 Å². The molecule has 6 heterocycles. The normalized spacial score (nSPS) is 13.0. The van der Waals surface area contributed by atoms with Crippen LogP contribution in [0, 0.1) is 0 Å². The third kappa shape index (κ3) is 6.97. The Morgan fingerprint density at radius 1 is 0.304 bits per heavy atom. The monoisotopic (exact) mass is 1180 g/mol. The van der Waals surface area contributed by atoms with E-state index in [1.165, 1.54) is 59.8 Å². The quantitative estimate of drug-likeness (QED) is 0.159. The van der Waals surface area contributed by atoms with E-state index < -0.39 is 0 Å². The van der Waals surface area contributed by atoms with Crippen LogP contribution < -0.4 is 0 Å². The van der Waals surface area contributed by atoms with Gasteiger partial charge in [0.15, 0.2) is 17.5 Å². The lowest BCUT2D eigenvalue weighted by Crippen LogP contribution is -2.15. The Morgan fingerprint density at radius 3 is 1.29 bits per heavy atom. The van der Waals surface area contributed by atoms with Gasteiger partial charge < -0.3 is 22.7 Å². The Balaban J connectivity index is 0.860. The van der Waals surface area contributed by atoms with Gasteiger partial charge in [-0.15, -0.1) is 0 Å². The summed E-state index contributed by atoms with van der Waals surface area (Å²) in [6.07, 6.45) is 0. The van der Waals surface area contributed by atoms with Gasteiger partial charge in [0, 0.05) is 82.1 Å². The van der Waals surface area contributed by atoms with Crippen LogP contribution in [0.25, 0.3) is 177 Å². The van der Waals surface area contributed by atoms with Crippen LogP contribution in [0.15, 0.2) is 290 Å². The molecule has 8 nitrogen and oxygen atoms in total. The van der Waals surface area contributed by atoms with Crippen molar-refractivity contribution < 1.29 is 4.42 Å². The molecule has 0 bridgehead atoms. The number of nitrogens with zero attached hydrogens (tertiary/aromatic N) is 7. The minimum atomic E-state index is -0.389. The summed E-state index contributed by atoms with van der Waals surface area (Å²) in [4.78, 5) is 16.8. The van der Waals surface area contributed by atoms with Crippen LogP contribution in [0.5, 0.6) is 0 Å². The molecule has 0 amide bonds. The largest absolute Gasteiger partial charge is 0.455 e. The highest BCUT2D eigenvalue weighted by Crippen LogP contribution is 2.54. The molecule has 6 aromatic heterocycles. The summed E-state index contributed by atoms with van der Waals surface area (Å²) in [6, 6.07) is 103. The van der Waals surface area contributed by atoms with Crippen LogP contribution in [0.1, 0.15) is 25.0 Å². The van der Waals surface area contributed by atoms with Crippen molar-refractivity contribution >= 4 is 109 Å². The van der Waals surface area contributed by atoms with Gasteiger partial charge in [-0.25, -0.2) is 15.0 Å². The lowest BCUT2D eigenvalue weighted by atomic mass is 9.82. The minimum Gasteiger partial charge on any atom is -0.455 e. The smallest absolute Gasteiger partial charge is 0.167 e. The molecule has 1 aliphatic rings. The third-order valence-corrected chi connectivity index (χ3v) is 19.8. The molecule has 0 saturated heterocycles. The first kappa shape index (κ1) is 50.8. The van der Waals surface area contributed by atoms with Crippen LogP contribution in [-0.2, 0) is 5.41 Å². The Bertz CT molecular complexity index is 6340. The van der Waals surface area contributed by atoms with E-state index in [0.29, 0.717) is 23.1 Å². The summed E-state index contributed by atoms with van der Waals surface area (Å²) in [7, 11) is 0. The Kier molecular flexibility index (Phi) is 10.5. The highest BCUT2D eigenvalue weighted by molar-refractivity contribution is 6.26. The zero-order chi connectivity index (χ0) is 60.5. The molecule has 0 atom stereocenters. The van der Waals surface area contributed by atoms with Crippen molar-refractivity contribution in [1.29, 1.82) is 0 Å². The van der Waals surface area contributed by atoms with Gasteiger partial charge in [0.2, 0.25) is 0 Å². The number of hydrogen-bond donors (Lipinski definition) is 0. The summed E-state index contributed by atoms with van der Waals surface area (Å²) >= 11 is 0. The number of fused-ring (bicyclic) bond motifs is 20. The van der Waals surface area contributed by atoms with Crippen LogP contribution >= 0.6 is 0 Å². The SMILES string of the molecule is CC1(C)c2ccccc2-c2c(-c3nc(-c4ccccc4)nc(-c4cccc5c4oc4cccc(-n6c7ccccc7c7ccc8c9ccccc9n(-c9ccccc9)c8c76)c45)n3)cc(-n3c4ccccc4c4ccc5c6ccccc6n(-c6ccccc6)c5c43)cc21. The Morgan fingerprint density at radius 2 is 0.728 bits per heavy atom. The number of rotatable bonds is 7. The Hall–Kier alpha value is -12.1. The first-order valence-electron chi connectivity index (χ1n) is 31.5. The maximum absolute atomic E-state index is 7.29. The second kappa shape index (κ2) is 18.9. The van der Waals surface area contributed by atoms with Crippen LogP contribution in [-0.4, -0.2) is 33.2 Å². The van der Waals surface area contributed by atoms with Crippen molar-refractivity contribution in [2.75, 3.05) is 0 Å². The number of furan rings is 1. The number of para-hydroxylation sites is 7. The summed E-state index contributed by atoms with van der Waals surface area (Å²) in [5, 5.41) is 11.4. The van der Waals surface area contributed by atoms with E-state index in [1.54, 1.807) is 0 Å². The fourth-order valence-electron chi connectivity index (χ4n) is 15.8. The third-order valence-electron chi connectivity index (χ3n) is 19.8. The predicted molar refractivity (Wildman–Crippen MR) is 378 cm³/mol. The molecular weight excluding hydrogens is 1120 g/mol. The van der Waals surface area contributed by atoms with Crippen molar-refractivity contribution in [3.05, 3.63) is 296 Å². The summed E-state index contributed by atoms with van der Waals surface area (Å²) in [5.74, 6) is 1.65. The summed E-state index contributed by atoms with van der Waals surface area (Å²) in [5.41, 5.74) is 21.7. The van der Waals surface area contributed by atoms with Gasteiger partial charge in [-0.05, 0) is 101 Å². The van der Waals surface area contributed by atoms with Crippen molar-refractivity contribution in [3.63, 3.8) is 0 Å². The molecule has 430 valence electrons. The molecule has 92 heavy (non-hydrogen) atoms. The molecule has 0 radical (unpaired) electrons. The van der Waals surface area contributed by atoms with Crippen molar-refractivity contribution in [1.82, 2.24) is 33.2 Å². The Labute approximate surface area is 527 Å². The number of aromatic nitrogens is 7. The average Bonchev–Trinajstić information content (AvgIpc) is 1.55. The number of benzene rings is 13. The lowest BCUT2D eigenvalue weighted by molar-refractivity contribution is 0.660. The van der Waals surface area contributed by atoms with Gasteiger partial charge in [0.05, 0.1) is 60.8 Å². The maximum Gasteiger partial charge on any atom is 0.167 e. The highest BCUT2D eigenvalue weighted by atomic mass is 16.3. The summed E-state index contributed by atoms with van der Waals surface area (Å²) < 4.78 is 17.2. The van der Waals surface area contributed by atoms with E-state index in [2.05, 4.69) is 311 Å². The van der Waals surface area contributed by atoms with Crippen molar-refractivity contribution in [3.8, 4) is 68.0 Å². The van der Waals surface area contributed by atoms with E-state index in [4.69, 9.17) is 19.4 Å². The second-order valence-corrected chi connectivity index (χ2v) is 25.0. The van der Waals surface area contributed by atoms with E-state index in [0.717, 1.165) is 105 Å². The summed E-state index contributed by atoms with van der Waals surface area (Å²) in [6.45, 7) is 4.72. The fraction of sp³-hybridized carbons (Fsp3) is 0.0357. The molecule has 0 saturated carbocycles. The standard InChI is InChI=1S/C84H53N7O/c1-84(2)66-37-17-12-34-62(66)74-65(48-53(49-67(74)84)90-70-40-20-15-32-56(70)59-45-44-58-54-30-13-18-38-68(54)88(76(58)77(59)90)51-26-8-4-9-27-51)83-86-81(50-24-6-3-7-25-50)85-82(87-83)64-36-22-35-63-75-72(42-23-43-73(75)92-80(63)64)91-71-41-21-16-33-57(71)61-47-46-60-55-31-14-19-39-69(55)89(78(60)79(61)91)52-28-10-5-11-29-52/h3-49H,1-2H3. The zero-order valence-electron chi connectivity index (χ0n) is 50.2. The molecule has 8 heteroatoms. The van der Waals surface area contributed by atoms with Gasteiger partial charge in [0.1, 0.15) is 11.2 Å². The van der Waals surface area contributed by atoms with Crippen molar-refractivity contribution in [2.45, 2.75) is 19.3 Å². The van der Waals surface area contributed by atoms with Gasteiger partial charge in [-0.2, -0.15) is 0 Å². The maximum atomic E-state index is 7.29. The molecule has 0 unspecified atom stereocenters. The fourth-order valence-corrected chi connectivity index (χ4v) is 15.8. The molecule has 20 rings (SSSR count). The van der Waals surface area contributed by atoms with Gasteiger partial charge in [-0.3, -0.25) is 0 Å². The first-order valence-corrected chi connectivity index (χ1v) is 31.5. The molecule has 0 aliphatic heterocycles. The average molecular weight is 1180 g/mol. The van der Waals surface area contributed by atoms with Crippen molar-refractivity contribution in [2.24, 2.45) is 0 Å². The van der Waals surface area contributed by atoms with E-state index in [-0.39, 0.29) is 5.41 Å². The highest BCUT2D eigenvalue weighted by Gasteiger charge is 2.39. The van der Waals surface area contributed by atoms with Crippen LogP contribution in [0.2, 0.25) is 0 Å². The zero-order valence-corrected chi connectivity index (χ0v) is 50.2. The number of hydrogen-bond acceptors (Lipinski definition) is 4. The van der Waals surface area contributed by atoms with E-state index >= 15 is 0 Å². The molecule has 0 N–H and O–H groups in total.